The third-order valence-corrected chi connectivity index (χ3v) is 4.32. The number of hydrogen-bond donors (Lipinski definition) is 0. The molecule has 0 aliphatic rings. The first kappa shape index (κ1) is 18.8. The highest BCUT2D eigenvalue weighted by Crippen LogP contribution is 2.30. The molecule has 0 saturated carbocycles. The standard InChI is InChI=1S/C17H17Cl3N2O2/c1-3-22(17(23)12-6-14(19)10-21-9-12)4-5-24-16-8-13(18)7-15(20)11(16)2/h6-10H,3-5H2,1-2H3. The highest BCUT2D eigenvalue weighted by molar-refractivity contribution is 6.35. The van der Waals surface area contributed by atoms with Crippen molar-refractivity contribution in [3.8, 4) is 5.75 Å². The predicted octanol–water partition coefficient (Wildman–Crippen LogP) is 4.89. The predicted molar refractivity (Wildman–Crippen MR) is 97.5 cm³/mol. The average molecular weight is 388 g/mol. The second-order valence-electron chi connectivity index (χ2n) is 5.14. The van der Waals surface area contributed by atoms with Crippen molar-refractivity contribution < 1.29 is 9.53 Å². The van der Waals surface area contributed by atoms with E-state index in [0.717, 1.165) is 5.56 Å². The van der Waals surface area contributed by atoms with Crippen LogP contribution in [0, 0.1) is 6.92 Å². The van der Waals surface area contributed by atoms with Gasteiger partial charge in [-0.3, -0.25) is 9.78 Å². The zero-order valence-electron chi connectivity index (χ0n) is 13.4. The van der Waals surface area contributed by atoms with Crippen molar-refractivity contribution in [3.63, 3.8) is 0 Å². The number of hydrogen-bond acceptors (Lipinski definition) is 3. The van der Waals surface area contributed by atoms with E-state index in [1.165, 1.54) is 12.4 Å². The maximum Gasteiger partial charge on any atom is 0.255 e. The molecule has 1 aromatic carbocycles. The minimum atomic E-state index is -0.142. The molecule has 0 spiro atoms. The van der Waals surface area contributed by atoms with Gasteiger partial charge in [0, 0.05) is 34.5 Å². The second-order valence-corrected chi connectivity index (χ2v) is 6.42. The fourth-order valence-electron chi connectivity index (χ4n) is 2.15. The van der Waals surface area contributed by atoms with Gasteiger partial charge in [0.1, 0.15) is 12.4 Å². The Morgan fingerprint density at radius 3 is 2.58 bits per heavy atom. The van der Waals surface area contributed by atoms with Crippen molar-refractivity contribution >= 4 is 40.7 Å². The van der Waals surface area contributed by atoms with E-state index in [2.05, 4.69) is 4.98 Å². The fourth-order valence-corrected chi connectivity index (χ4v) is 2.80. The molecular formula is C17H17Cl3N2O2. The van der Waals surface area contributed by atoms with E-state index in [1.54, 1.807) is 23.1 Å². The molecule has 0 aliphatic carbocycles. The maximum atomic E-state index is 12.5. The lowest BCUT2D eigenvalue weighted by molar-refractivity contribution is 0.0739. The number of carbonyl (C=O) groups excluding carboxylic acids is 1. The summed E-state index contributed by atoms with van der Waals surface area (Å²) < 4.78 is 5.74. The van der Waals surface area contributed by atoms with Crippen molar-refractivity contribution in [2.45, 2.75) is 13.8 Å². The van der Waals surface area contributed by atoms with Gasteiger partial charge in [0.05, 0.1) is 17.1 Å². The molecule has 0 N–H and O–H groups in total. The van der Waals surface area contributed by atoms with Gasteiger partial charge >= 0.3 is 0 Å². The number of rotatable bonds is 6. The molecule has 0 radical (unpaired) electrons. The number of carbonyl (C=O) groups is 1. The first-order valence-electron chi connectivity index (χ1n) is 7.40. The van der Waals surface area contributed by atoms with Gasteiger partial charge in [-0.05, 0) is 32.0 Å². The number of ether oxygens (including phenoxy) is 1. The van der Waals surface area contributed by atoms with Crippen LogP contribution in [-0.4, -0.2) is 35.5 Å². The molecule has 1 heterocycles. The number of halogens is 3. The monoisotopic (exact) mass is 386 g/mol. The van der Waals surface area contributed by atoms with Crippen LogP contribution >= 0.6 is 34.8 Å². The summed E-state index contributed by atoms with van der Waals surface area (Å²) in [5, 5.41) is 1.48. The SMILES string of the molecule is CCN(CCOc1cc(Cl)cc(Cl)c1C)C(=O)c1cncc(Cl)c1. The van der Waals surface area contributed by atoms with E-state index < -0.39 is 0 Å². The largest absolute Gasteiger partial charge is 0.491 e. The van der Waals surface area contributed by atoms with Gasteiger partial charge in [-0.25, -0.2) is 0 Å². The maximum absolute atomic E-state index is 12.5. The van der Waals surface area contributed by atoms with E-state index in [0.29, 0.717) is 46.1 Å². The third-order valence-electron chi connectivity index (χ3n) is 3.50. The molecule has 2 rings (SSSR count). The molecule has 128 valence electrons. The van der Waals surface area contributed by atoms with Crippen molar-refractivity contribution in [3.05, 3.63) is 56.8 Å². The van der Waals surface area contributed by atoms with Crippen LogP contribution < -0.4 is 4.74 Å². The zero-order valence-corrected chi connectivity index (χ0v) is 15.6. The number of aromatic nitrogens is 1. The van der Waals surface area contributed by atoms with Crippen LogP contribution in [0.1, 0.15) is 22.8 Å². The first-order chi connectivity index (χ1) is 11.4. The van der Waals surface area contributed by atoms with Crippen LogP contribution in [0.5, 0.6) is 5.75 Å². The van der Waals surface area contributed by atoms with Crippen LogP contribution in [0.2, 0.25) is 15.1 Å². The molecule has 1 aromatic heterocycles. The summed E-state index contributed by atoms with van der Waals surface area (Å²) in [6, 6.07) is 4.97. The quantitative estimate of drug-likeness (QED) is 0.708. The number of benzene rings is 1. The molecule has 7 heteroatoms. The van der Waals surface area contributed by atoms with Gasteiger partial charge in [0.25, 0.3) is 5.91 Å². The van der Waals surface area contributed by atoms with E-state index in [4.69, 9.17) is 39.5 Å². The summed E-state index contributed by atoms with van der Waals surface area (Å²) in [7, 11) is 0. The lowest BCUT2D eigenvalue weighted by Gasteiger charge is -2.21. The van der Waals surface area contributed by atoms with Gasteiger partial charge in [-0.1, -0.05) is 34.8 Å². The lowest BCUT2D eigenvalue weighted by Crippen LogP contribution is -2.34. The summed E-state index contributed by atoms with van der Waals surface area (Å²) >= 11 is 18.0. The van der Waals surface area contributed by atoms with Gasteiger partial charge in [-0.2, -0.15) is 0 Å². The molecule has 0 fully saturated rings. The Balaban J connectivity index is 2.00. The minimum absolute atomic E-state index is 0.142. The molecule has 0 saturated heterocycles. The molecule has 0 unspecified atom stereocenters. The zero-order chi connectivity index (χ0) is 17.7. The molecular weight excluding hydrogens is 371 g/mol. The van der Waals surface area contributed by atoms with E-state index in [9.17, 15) is 4.79 Å². The number of amides is 1. The van der Waals surface area contributed by atoms with Gasteiger partial charge in [-0.15, -0.1) is 0 Å². The second kappa shape index (κ2) is 8.56. The fraction of sp³-hybridized carbons (Fsp3) is 0.294. The Bertz CT molecular complexity index is 738. The van der Waals surface area contributed by atoms with Gasteiger partial charge < -0.3 is 9.64 Å². The minimum Gasteiger partial charge on any atom is -0.491 e. The van der Waals surface area contributed by atoms with Crippen LogP contribution in [-0.2, 0) is 0 Å². The normalized spacial score (nSPS) is 10.5. The molecule has 0 atom stereocenters. The van der Waals surface area contributed by atoms with Gasteiger partial charge in [0.15, 0.2) is 0 Å². The van der Waals surface area contributed by atoms with Crippen molar-refractivity contribution in [2.24, 2.45) is 0 Å². The van der Waals surface area contributed by atoms with Crippen LogP contribution in [0.3, 0.4) is 0 Å². The van der Waals surface area contributed by atoms with E-state index in [-0.39, 0.29) is 5.91 Å². The van der Waals surface area contributed by atoms with E-state index in [1.807, 2.05) is 13.8 Å². The Kier molecular flexibility index (Phi) is 6.72. The number of nitrogens with zero attached hydrogens (tertiary/aromatic N) is 2. The summed E-state index contributed by atoms with van der Waals surface area (Å²) in [6.07, 6.45) is 2.99. The topological polar surface area (TPSA) is 42.4 Å². The number of pyridine rings is 1. The summed E-state index contributed by atoms with van der Waals surface area (Å²) in [4.78, 5) is 18.1. The highest BCUT2D eigenvalue weighted by atomic mass is 35.5. The Morgan fingerprint density at radius 2 is 1.92 bits per heavy atom. The smallest absolute Gasteiger partial charge is 0.255 e. The molecule has 4 nitrogen and oxygen atoms in total. The molecule has 0 aliphatic heterocycles. The van der Waals surface area contributed by atoms with E-state index >= 15 is 0 Å². The Hall–Kier alpha value is -1.49. The van der Waals surface area contributed by atoms with Crippen molar-refractivity contribution in [2.75, 3.05) is 19.7 Å². The molecule has 2 aromatic rings. The lowest BCUT2D eigenvalue weighted by atomic mass is 10.2. The Morgan fingerprint density at radius 1 is 1.17 bits per heavy atom. The van der Waals surface area contributed by atoms with Crippen LogP contribution in [0.4, 0.5) is 0 Å². The number of likely N-dealkylation sites (N-methyl/N-ethyl adjacent to an activating group) is 1. The van der Waals surface area contributed by atoms with Crippen LogP contribution in [0.15, 0.2) is 30.6 Å². The molecule has 1 amide bonds. The molecule has 0 bridgehead atoms. The third kappa shape index (κ3) is 4.76. The van der Waals surface area contributed by atoms with Crippen molar-refractivity contribution in [1.82, 2.24) is 9.88 Å². The summed E-state index contributed by atoms with van der Waals surface area (Å²) in [6.45, 7) is 5.05. The summed E-state index contributed by atoms with van der Waals surface area (Å²) in [5.41, 5.74) is 1.26. The Labute approximate surface area is 156 Å². The van der Waals surface area contributed by atoms with Gasteiger partial charge in [0.2, 0.25) is 0 Å². The first-order valence-corrected chi connectivity index (χ1v) is 8.54. The van der Waals surface area contributed by atoms with Crippen LogP contribution in [0.25, 0.3) is 0 Å². The van der Waals surface area contributed by atoms with Crippen molar-refractivity contribution in [1.29, 1.82) is 0 Å². The molecule has 24 heavy (non-hydrogen) atoms. The average Bonchev–Trinajstić information content (AvgIpc) is 2.55. The highest BCUT2D eigenvalue weighted by Gasteiger charge is 2.15. The summed E-state index contributed by atoms with van der Waals surface area (Å²) in [5.74, 6) is 0.470.